The molecule has 11 heavy (non-hydrogen) atoms. The molecule has 0 aliphatic carbocycles. The first-order valence-corrected chi connectivity index (χ1v) is 4.73. The molecule has 0 saturated heterocycles. The van der Waals surface area contributed by atoms with E-state index in [1.807, 2.05) is 0 Å². The molecular weight excluding hydrogens is 151 g/mol. The summed E-state index contributed by atoms with van der Waals surface area (Å²) in [6.07, 6.45) is 0. The van der Waals surface area contributed by atoms with Gasteiger partial charge in [-0.15, -0.1) is 8.19 Å². The maximum absolute atomic E-state index is 2.21. The van der Waals surface area contributed by atoms with E-state index < -0.39 is 0 Å². The fourth-order valence-electron chi connectivity index (χ4n) is 1.13. The molecule has 0 radical (unpaired) electrons. The molecule has 0 spiro atoms. The number of rotatable bonds is 1. The number of benzene rings is 1. The Labute approximate surface area is 68.0 Å². The lowest BCUT2D eigenvalue weighted by atomic mass is 10.2. The Morgan fingerprint density at radius 3 is 2.27 bits per heavy atom. The van der Waals surface area contributed by atoms with Gasteiger partial charge in [0.05, 0.1) is 0 Å². The summed E-state index contributed by atoms with van der Waals surface area (Å²) in [4.78, 5) is 0. The normalized spacial score (nSPS) is 10.5. The topological polar surface area (TPSA) is 0 Å². The average Bonchev–Trinajstić information content (AvgIpc) is 2.58. The fraction of sp³-hybridized carbons (Fsp3) is 0. The minimum Gasteiger partial charge on any atom is -0.132 e. The molecule has 0 amide bonds. The molecule has 2 aromatic rings. The van der Waals surface area contributed by atoms with Crippen LogP contribution < -0.4 is 0 Å². The van der Waals surface area contributed by atoms with Gasteiger partial charge in [0, 0.05) is 0 Å². The Morgan fingerprint density at radius 1 is 0.818 bits per heavy atom. The zero-order valence-electron chi connectivity index (χ0n) is 6.12. The molecule has 1 unspecified atom stereocenters. The standard InChI is InChI=1S/C10H9P/c1-2-5-9(6-3-1)10-7-4-8-11-10/h1-8,11H. The predicted octanol–water partition coefficient (Wildman–Crippen LogP) is 3.38. The van der Waals surface area contributed by atoms with Crippen molar-refractivity contribution in [3.63, 3.8) is 0 Å². The predicted molar refractivity (Wildman–Crippen MR) is 51.4 cm³/mol. The minimum absolute atomic E-state index is 0.858. The maximum atomic E-state index is 2.21. The average molecular weight is 160 g/mol. The van der Waals surface area contributed by atoms with E-state index in [4.69, 9.17) is 0 Å². The molecule has 0 nitrogen and oxygen atoms in total. The van der Waals surface area contributed by atoms with E-state index in [0.29, 0.717) is 0 Å². The van der Waals surface area contributed by atoms with Crippen LogP contribution in [-0.2, 0) is 0 Å². The first-order chi connectivity index (χ1) is 5.47. The molecule has 0 saturated carbocycles. The highest BCUT2D eigenvalue weighted by atomic mass is 31.0. The Bertz CT molecular complexity index is 308. The van der Waals surface area contributed by atoms with Crippen molar-refractivity contribution in [1.82, 2.24) is 0 Å². The van der Waals surface area contributed by atoms with Crippen molar-refractivity contribution in [1.29, 1.82) is 0 Å². The molecule has 0 aliphatic rings. The Kier molecular flexibility index (Phi) is 1.79. The smallest absolute Gasteiger partial charge is 0.00183 e. The zero-order chi connectivity index (χ0) is 7.52. The summed E-state index contributed by atoms with van der Waals surface area (Å²) in [6.45, 7) is 0. The van der Waals surface area contributed by atoms with E-state index in [9.17, 15) is 0 Å². The van der Waals surface area contributed by atoms with Crippen molar-refractivity contribution >= 4 is 8.19 Å². The van der Waals surface area contributed by atoms with Crippen molar-refractivity contribution in [2.45, 2.75) is 0 Å². The second-order valence-corrected chi connectivity index (χ2v) is 3.61. The zero-order valence-corrected chi connectivity index (χ0v) is 7.12. The maximum Gasteiger partial charge on any atom is -0.00183 e. The molecule has 1 heteroatoms. The van der Waals surface area contributed by atoms with Crippen LogP contribution in [0.3, 0.4) is 0 Å². The molecule has 1 atom stereocenters. The van der Waals surface area contributed by atoms with Gasteiger partial charge in [0.15, 0.2) is 0 Å². The molecule has 1 heterocycles. The molecular formula is C10H9P. The van der Waals surface area contributed by atoms with Crippen LogP contribution in [0.15, 0.2) is 48.3 Å². The molecule has 2 rings (SSSR count). The highest BCUT2D eigenvalue weighted by Gasteiger charge is 1.92. The van der Waals surface area contributed by atoms with E-state index in [2.05, 4.69) is 48.3 Å². The summed E-state index contributed by atoms with van der Waals surface area (Å²) in [5, 5.41) is 1.45. The van der Waals surface area contributed by atoms with Gasteiger partial charge in [-0.2, -0.15) is 0 Å². The number of hydrogen-bond acceptors (Lipinski definition) is 0. The van der Waals surface area contributed by atoms with Gasteiger partial charge in [0.1, 0.15) is 0 Å². The van der Waals surface area contributed by atoms with E-state index in [1.165, 1.54) is 10.9 Å². The van der Waals surface area contributed by atoms with E-state index in [1.54, 1.807) is 0 Å². The van der Waals surface area contributed by atoms with Crippen LogP contribution in [0.2, 0.25) is 0 Å². The van der Waals surface area contributed by atoms with E-state index in [-0.39, 0.29) is 0 Å². The minimum atomic E-state index is 0.858. The van der Waals surface area contributed by atoms with Crippen molar-refractivity contribution in [2.75, 3.05) is 0 Å². The van der Waals surface area contributed by atoms with Crippen molar-refractivity contribution in [2.24, 2.45) is 0 Å². The third-order valence-electron chi connectivity index (χ3n) is 1.68. The van der Waals surface area contributed by atoms with Crippen LogP contribution in [-0.4, -0.2) is 0 Å². The summed E-state index contributed by atoms with van der Waals surface area (Å²) < 4.78 is 0. The van der Waals surface area contributed by atoms with Gasteiger partial charge >= 0.3 is 0 Å². The monoisotopic (exact) mass is 160 g/mol. The quantitative estimate of drug-likeness (QED) is 0.599. The third-order valence-corrected chi connectivity index (χ3v) is 2.81. The van der Waals surface area contributed by atoms with Gasteiger partial charge in [-0.05, 0) is 16.7 Å². The van der Waals surface area contributed by atoms with Crippen molar-refractivity contribution in [3.8, 4) is 10.9 Å². The van der Waals surface area contributed by atoms with Gasteiger partial charge in [-0.3, -0.25) is 0 Å². The Hall–Kier alpha value is -1.00. The molecule has 0 N–H and O–H groups in total. The Balaban J connectivity index is 2.46. The Morgan fingerprint density at radius 2 is 1.64 bits per heavy atom. The molecule has 1 aromatic carbocycles. The summed E-state index contributed by atoms with van der Waals surface area (Å²) in [5.74, 6) is 2.21. The lowest BCUT2D eigenvalue weighted by Crippen LogP contribution is -1.66. The van der Waals surface area contributed by atoms with Gasteiger partial charge in [-0.25, -0.2) is 0 Å². The highest BCUT2D eigenvalue weighted by molar-refractivity contribution is 7.33. The van der Waals surface area contributed by atoms with Crippen LogP contribution >= 0.6 is 8.19 Å². The first kappa shape index (κ1) is 6.69. The van der Waals surface area contributed by atoms with Crippen LogP contribution in [0.1, 0.15) is 0 Å². The van der Waals surface area contributed by atoms with Crippen LogP contribution in [0, 0.1) is 0 Å². The summed E-state index contributed by atoms with van der Waals surface area (Å²) in [5.41, 5.74) is 1.36. The largest absolute Gasteiger partial charge is 0.132 e. The molecule has 0 bridgehead atoms. The molecule has 0 fully saturated rings. The lowest BCUT2D eigenvalue weighted by molar-refractivity contribution is 1.70. The van der Waals surface area contributed by atoms with Gasteiger partial charge in [0.25, 0.3) is 0 Å². The van der Waals surface area contributed by atoms with Crippen LogP contribution in [0.5, 0.6) is 0 Å². The van der Waals surface area contributed by atoms with Crippen LogP contribution in [0.25, 0.3) is 10.9 Å². The summed E-state index contributed by atoms with van der Waals surface area (Å²) in [7, 11) is 0.858. The number of hydrogen-bond donors (Lipinski definition) is 0. The summed E-state index contributed by atoms with van der Waals surface area (Å²) >= 11 is 0. The second-order valence-electron chi connectivity index (χ2n) is 2.45. The van der Waals surface area contributed by atoms with Gasteiger partial charge < -0.3 is 0 Å². The summed E-state index contributed by atoms with van der Waals surface area (Å²) in [6, 6.07) is 14.8. The van der Waals surface area contributed by atoms with Gasteiger partial charge in [0.2, 0.25) is 0 Å². The first-order valence-electron chi connectivity index (χ1n) is 3.65. The molecule has 54 valence electrons. The van der Waals surface area contributed by atoms with E-state index >= 15 is 0 Å². The molecule has 0 aliphatic heterocycles. The van der Waals surface area contributed by atoms with E-state index in [0.717, 1.165) is 8.19 Å². The van der Waals surface area contributed by atoms with Gasteiger partial charge in [-0.1, -0.05) is 42.5 Å². The van der Waals surface area contributed by atoms with Crippen molar-refractivity contribution < 1.29 is 0 Å². The second kappa shape index (κ2) is 2.94. The lowest BCUT2D eigenvalue weighted by Gasteiger charge is -1.94. The van der Waals surface area contributed by atoms with Crippen LogP contribution in [0.4, 0.5) is 0 Å². The molecule has 1 aromatic heterocycles. The third kappa shape index (κ3) is 1.36. The highest BCUT2D eigenvalue weighted by Crippen LogP contribution is 2.27. The van der Waals surface area contributed by atoms with Crippen molar-refractivity contribution in [3.05, 3.63) is 48.3 Å². The SMILES string of the molecule is c1ccc(-c2ccc[pH]2)cc1. The fourth-order valence-corrected chi connectivity index (χ4v) is 2.03.